The predicted molar refractivity (Wildman–Crippen MR) is 156 cm³/mol. The van der Waals surface area contributed by atoms with E-state index in [2.05, 4.69) is 19.7 Å². The second kappa shape index (κ2) is 14.0. The minimum absolute atomic E-state index is 0.116. The molecule has 220 valence electrons. The molecule has 0 atom stereocenters. The maximum absolute atomic E-state index is 12.7. The molecule has 5 rings (SSSR count). The molecule has 0 unspecified atom stereocenters. The van der Waals surface area contributed by atoms with Crippen LogP contribution in [0.1, 0.15) is 21.6 Å². The summed E-state index contributed by atoms with van der Waals surface area (Å²) in [5.41, 5.74) is 3.15. The number of piperazine rings is 1. The molecule has 0 radical (unpaired) electrons. The first-order valence-electron chi connectivity index (χ1n) is 14.4. The lowest BCUT2D eigenvalue weighted by Crippen LogP contribution is -2.50. The summed E-state index contributed by atoms with van der Waals surface area (Å²) in [6.45, 7) is 12.9. The maximum atomic E-state index is 12.7. The van der Waals surface area contributed by atoms with Crippen molar-refractivity contribution in [1.82, 2.24) is 19.7 Å². The van der Waals surface area contributed by atoms with Gasteiger partial charge in [-0.2, -0.15) is 0 Å². The molecule has 0 spiro atoms. The molecule has 2 aromatic carbocycles. The van der Waals surface area contributed by atoms with Crippen LogP contribution in [0.15, 0.2) is 42.5 Å². The van der Waals surface area contributed by atoms with Crippen LogP contribution in [0, 0.1) is 6.92 Å². The Bertz CT molecular complexity index is 1310. The van der Waals surface area contributed by atoms with Crippen molar-refractivity contribution in [2.75, 3.05) is 85.8 Å². The standard InChI is InChI=1S/C31H40N4O6/c1-23-27(28-21-26(38-2)7-8-29(28)32-23)22-30(36)41-25-5-3-24(4-6-25)31(37)40-20-17-34-12-9-33(10-13-34)11-14-35-15-18-39-19-16-35/h3-8,21,32H,9-20,22H2,1-2H3. The Labute approximate surface area is 241 Å². The van der Waals surface area contributed by atoms with E-state index in [9.17, 15) is 9.59 Å². The summed E-state index contributed by atoms with van der Waals surface area (Å²) in [5.74, 6) is 0.350. The number of aromatic amines is 1. The molecular weight excluding hydrogens is 524 g/mol. The van der Waals surface area contributed by atoms with Gasteiger partial charge in [-0.3, -0.25) is 19.5 Å². The molecule has 0 aliphatic carbocycles. The number of ether oxygens (including phenoxy) is 4. The number of nitrogens with zero attached hydrogens (tertiary/aromatic N) is 3. The van der Waals surface area contributed by atoms with E-state index in [1.807, 2.05) is 25.1 Å². The van der Waals surface area contributed by atoms with Crippen LogP contribution in [-0.4, -0.2) is 117 Å². The number of carbonyl (C=O) groups is 2. The van der Waals surface area contributed by atoms with E-state index >= 15 is 0 Å². The Balaban J connectivity index is 1.02. The molecule has 3 heterocycles. The molecule has 10 heteroatoms. The lowest BCUT2D eigenvalue weighted by Gasteiger charge is -2.36. The van der Waals surface area contributed by atoms with E-state index < -0.39 is 0 Å². The zero-order valence-corrected chi connectivity index (χ0v) is 24.0. The molecule has 0 bridgehead atoms. The second-order valence-electron chi connectivity index (χ2n) is 10.6. The number of H-pyrrole nitrogens is 1. The van der Waals surface area contributed by atoms with E-state index in [4.69, 9.17) is 18.9 Å². The summed E-state index contributed by atoms with van der Waals surface area (Å²) in [4.78, 5) is 35.9. The van der Waals surface area contributed by atoms with Gasteiger partial charge in [0.2, 0.25) is 0 Å². The van der Waals surface area contributed by atoms with Crippen LogP contribution < -0.4 is 9.47 Å². The number of benzene rings is 2. The number of morpholine rings is 1. The van der Waals surface area contributed by atoms with Crippen LogP contribution in [0.25, 0.3) is 10.9 Å². The molecular formula is C31H40N4O6. The number of aryl methyl sites for hydroxylation is 1. The molecule has 2 fully saturated rings. The van der Waals surface area contributed by atoms with Crippen LogP contribution >= 0.6 is 0 Å². The molecule has 3 aromatic rings. The summed E-state index contributed by atoms with van der Waals surface area (Å²) in [6, 6.07) is 12.2. The van der Waals surface area contributed by atoms with Crippen molar-refractivity contribution < 1.29 is 28.5 Å². The van der Waals surface area contributed by atoms with Crippen molar-refractivity contribution in [3.63, 3.8) is 0 Å². The monoisotopic (exact) mass is 564 g/mol. The molecule has 0 saturated carbocycles. The average Bonchev–Trinajstić information content (AvgIpc) is 3.31. The minimum Gasteiger partial charge on any atom is -0.497 e. The van der Waals surface area contributed by atoms with Crippen LogP contribution in [0.2, 0.25) is 0 Å². The number of methoxy groups -OCH3 is 1. The highest BCUT2D eigenvalue weighted by molar-refractivity contribution is 5.91. The second-order valence-corrected chi connectivity index (χ2v) is 10.6. The third kappa shape index (κ3) is 7.85. The molecule has 2 aliphatic heterocycles. The Morgan fingerprint density at radius 2 is 1.49 bits per heavy atom. The molecule has 2 saturated heterocycles. The Hall–Kier alpha value is -3.44. The Kier molecular flexibility index (Phi) is 9.89. The van der Waals surface area contributed by atoms with Crippen molar-refractivity contribution in [3.8, 4) is 11.5 Å². The SMILES string of the molecule is COc1ccc2[nH]c(C)c(CC(=O)Oc3ccc(C(=O)OCCN4CCN(CCN5CCOCC5)CC4)cc3)c2c1. The van der Waals surface area contributed by atoms with E-state index in [0.717, 1.165) is 100 Å². The fraction of sp³-hybridized carbons (Fsp3) is 0.484. The number of carbonyl (C=O) groups excluding carboxylic acids is 2. The average molecular weight is 565 g/mol. The van der Waals surface area contributed by atoms with Gasteiger partial charge in [0.05, 0.1) is 32.3 Å². The van der Waals surface area contributed by atoms with Crippen molar-refractivity contribution in [2.24, 2.45) is 0 Å². The summed E-state index contributed by atoms with van der Waals surface area (Å²) >= 11 is 0. The minimum atomic E-state index is -0.381. The highest BCUT2D eigenvalue weighted by Crippen LogP contribution is 2.27. The molecule has 1 aromatic heterocycles. The van der Waals surface area contributed by atoms with Crippen LogP contribution in [0.3, 0.4) is 0 Å². The van der Waals surface area contributed by atoms with Gasteiger partial charge in [-0.25, -0.2) is 4.79 Å². The van der Waals surface area contributed by atoms with E-state index in [1.54, 1.807) is 31.4 Å². The van der Waals surface area contributed by atoms with Gasteiger partial charge in [-0.05, 0) is 55.0 Å². The number of nitrogens with one attached hydrogen (secondary N) is 1. The predicted octanol–water partition coefficient (Wildman–Crippen LogP) is 2.74. The third-order valence-electron chi connectivity index (χ3n) is 7.91. The fourth-order valence-corrected chi connectivity index (χ4v) is 5.38. The highest BCUT2D eigenvalue weighted by Gasteiger charge is 2.19. The molecule has 1 N–H and O–H groups in total. The first kappa shape index (κ1) is 29.1. The molecule has 0 amide bonds. The van der Waals surface area contributed by atoms with Gasteiger partial charge in [-0.1, -0.05) is 0 Å². The largest absolute Gasteiger partial charge is 0.497 e. The molecule has 2 aliphatic rings. The van der Waals surface area contributed by atoms with Gasteiger partial charge >= 0.3 is 11.9 Å². The summed E-state index contributed by atoms with van der Waals surface area (Å²) in [6.07, 6.45) is 0.116. The van der Waals surface area contributed by atoms with Gasteiger partial charge in [0.25, 0.3) is 0 Å². The zero-order valence-electron chi connectivity index (χ0n) is 24.0. The first-order valence-corrected chi connectivity index (χ1v) is 14.4. The van der Waals surface area contributed by atoms with Crippen LogP contribution in [-0.2, 0) is 20.7 Å². The topological polar surface area (TPSA) is 96.6 Å². The van der Waals surface area contributed by atoms with Gasteiger partial charge in [0.15, 0.2) is 0 Å². The number of esters is 2. The Morgan fingerprint density at radius 3 is 2.17 bits per heavy atom. The summed E-state index contributed by atoms with van der Waals surface area (Å²) in [5, 5.41) is 0.933. The van der Waals surface area contributed by atoms with Crippen molar-refractivity contribution >= 4 is 22.8 Å². The fourth-order valence-electron chi connectivity index (χ4n) is 5.38. The lowest BCUT2D eigenvalue weighted by atomic mass is 10.1. The Morgan fingerprint density at radius 1 is 0.854 bits per heavy atom. The van der Waals surface area contributed by atoms with Crippen molar-refractivity contribution in [3.05, 3.63) is 59.3 Å². The number of rotatable bonds is 11. The zero-order chi connectivity index (χ0) is 28.6. The van der Waals surface area contributed by atoms with Crippen LogP contribution in [0.5, 0.6) is 11.5 Å². The van der Waals surface area contributed by atoms with E-state index in [1.165, 1.54) is 0 Å². The molecule has 10 nitrogen and oxygen atoms in total. The molecule has 41 heavy (non-hydrogen) atoms. The maximum Gasteiger partial charge on any atom is 0.338 e. The number of aromatic nitrogens is 1. The van der Waals surface area contributed by atoms with Crippen molar-refractivity contribution in [2.45, 2.75) is 13.3 Å². The quantitative estimate of drug-likeness (QED) is 0.279. The van der Waals surface area contributed by atoms with Crippen molar-refractivity contribution in [1.29, 1.82) is 0 Å². The number of hydrogen-bond acceptors (Lipinski definition) is 9. The van der Waals surface area contributed by atoms with Gasteiger partial charge < -0.3 is 23.9 Å². The highest BCUT2D eigenvalue weighted by atomic mass is 16.5. The normalized spacial score (nSPS) is 17.0. The van der Waals surface area contributed by atoms with Gasteiger partial charge in [0, 0.05) is 75.5 Å². The summed E-state index contributed by atoms with van der Waals surface area (Å²) in [7, 11) is 1.62. The van der Waals surface area contributed by atoms with Gasteiger partial charge in [0.1, 0.15) is 18.1 Å². The third-order valence-corrected chi connectivity index (χ3v) is 7.91. The van der Waals surface area contributed by atoms with E-state index in [0.29, 0.717) is 17.9 Å². The number of fused-ring (bicyclic) bond motifs is 1. The van der Waals surface area contributed by atoms with Gasteiger partial charge in [-0.15, -0.1) is 0 Å². The lowest BCUT2D eigenvalue weighted by molar-refractivity contribution is -0.133. The van der Waals surface area contributed by atoms with E-state index in [-0.39, 0.29) is 18.4 Å². The first-order chi connectivity index (χ1) is 20.0. The summed E-state index contributed by atoms with van der Waals surface area (Å²) < 4.78 is 21.8. The smallest absolute Gasteiger partial charge is 0.338 e. The van der Waals surface area contributed by atoms with Crippen LogP contribution in [0.4, 0.5) is 0 Å². The number of hydrogen-bond donors (Lipinski definition) is 1.